The number of rotatable bonds is 30. The average Bonchev–Trinajstić information content (AvgIpc) is 3.34. The predicted octanol–water partition coefficient (Wildman–Crippen LogP) is -2.82. The lowest BCUT2D eigenvalue weighted by Crippen LogP contribution is -2.71. The Labute approximate surface area is 437 Å². The van der Waals surface area contributed by atoms with Crippen LogP contribution in [-0.2, 0) is 66.9 Å². The number of nitrogens with one attached hydrogen (secondary N) is 4. The monoisotopic (exact) mass is 1100 g/mol. The lowest BCUT2D eigenvalue weighted by Gasteiger charge is -2.51. The molecule has 4 aliphatic heterocycles. The van der Waals surface area contributed by atoms with Gasteiger partial charge in [-0.05, 0) is 13.3 Å². The van der Waals surface area contributed by atoms with Crippen LogP contribution in [-0.4, -0.2) is 226 Å². The van der Waals surface area contributed by atoms with Crippen LogP contribution in [0.2, 0.25) is 0 Å². The summed E-state index contributed by atoms with van der Waals surface area (Å²) in [5, 5.41) is 98.8. The van der Waals surface area contributed by atoms with Crippen molar-refractivity contribution in [3.63, 3.8) is 0 Å². The van der Waals surface area contributed by atoms with Crippen LogP contribution in [0, 0.1) is 0 Å². The molecule has 20 atom stereocenters. The maximum atomic E-state index is 13.3. The number of unbranched alkanes of at least 4 members (excludes halogenated alkanes) is 12. The van der Waals surface area contributed by atoms with E-state index in [0.717, 1.165) is 52.9 Å². The van der Waals surface area contributed by atoms with Crippen LogP contribution in [0.25, 0.3) is 0 Å². The number of aliphatic hydroxyl groups excluding tert-OH is 8. The van der Waals surface area contributed by atoms with Gasteiger partial charge in [0.25, 0.3) is 0 Å². The van der Waals surface area contributed by atoms with Crippen LogP contribution in [0.3, 0.4) is 0 Å². The number of carbonyl (C=O) groups excluding carboxylic acids is 4. The molecule has 75 heavy (non-hydrogen) atoms. The smallest absolute Gasteiger partial charge is 0.394 e. The Bertz CT molecular complexity index is 1860. The molecule has 4 rings (SSSR count). The summed E-state index contributed by atoms with van der Waals surface area (Å²) in [4.78, 5) is 50.6. The highest BCUT2D eigenvalue weighted by Gasteiger charge is 2.56. The van der Waals surface area contributed by atoms with E-state index in [-0.39, 0.29) is 6.42 Å². The van der Waals surface area contributed by atoms with Gasteiger partial charge in [0.05, 0.1) is 38.6 Å². The summed E-state index contributed by atoms with van der Waals surface area (Å²) in [6.45, 7) is 3.26. The van der Waals surface area contributed by atoms with Crippen LogP contribution in [0.5, 0.6) is 0 Å². The van der Waals surface area contributed by atoms with Gasteiger partial charge in [-0.1, -0.05) is 84.0 Å². The van der Waals surface area contributed by atoms with Crippen LogP contribution in [0.15, 0.2) is 0 Å². The van der Waals surface area contributed by atoms with E-state index in [1.165, 1.54) is 51.9 Å². The molecule has 4 fully saturated rings. The lowest BCUT2D eigenvalue weighted by atomic mass is 9.92. The first-order valence-electron chi connectivity index (χ1n) is 26.1. The van der Waals surface area contributed by atoms with Gasteiger partial charge in [-0.3, -0.25) is 23.7 Å². The molecular weight excluding hydrogens is 1020 g/mol. The molecular formula is C47H84N4O23S. The summed E-state index contributed by atoms with van der Waals surface area (Å²) in [6.07, 6.45) is -12.5. The highest BCUT2D eigenvalue weighted by molar-refractivity contribution is 7.80. The third-order valence-corrected chi connectivity index (χ3v) is 14.2. The Morgan fingerprint density at radius 1 is 0.480 bits per heavy atom. The minimum atomic E-state index is -5.07. The van der Waals surface area contributed by atoms with Crippen LogP contribution in [0.4, 0.5) is 0 Å². The molecule has 0 bridgehead atoms. The normalized spacial score (nSPS) is 36.3. The molecule has 0 aromatic heterocycles. The number of carbonyl (C=O) groups is 4. The number of aliphatic hydroxyl groups is 8. The topological polar surface area (TPSA) is 406 Å². The van der Waals surface area contributed by atoms with Crippen molar-refractivity contribution < 1.29 is 110 Å². The zero-order valence-corrected chi connectivity index (χ0v) is 44.2. The first kappa shape index (κ1) is 64.7. The van der Waals surface area contributed by atoms with Crippen LogP contribution < -0.4 is 21.3 Å². The highest BCUT2D eigenvalue weighted by atomic mass is 32.3. The molecule has 3 unspecified atom stereocenters. The van der Waals surface area contributed by atoms with Crippen LogP contribution >= 0.6 is 0 Å². The molecule has 4 aliphatic rings. The van der Waals surface area contributed by atoms with Crippen molar-refractivity contribution in [3.8, 4) is 0 Å². The van der Waals surface area contributed by atoms with Crippen molar-refractivity contribution in [1.29, 1.82) is 0 Å². The summed E-state index contributed by atoms with van der Waals surface area (Å²) in [5.41, 5.74) is 0. The van der Waals surface area contributed by atoms with Gasteiger partial charge in [0.15, 0.2) is 18.9 Å². The molecule has 0 aliphatic carbocycles. The van der Waals surface area contributed by atoms with Gasteiger partial charge in [0.2, 0.25) is 23.6 Å². The molecule has 4 saturated heterocycles. The van der Waals surface area contributed by atoms with Gasteiger partial charge in [0.1, 0.15) is 91.4 Å². The molecule has 0 aromatic carbocycles. The van der Waals surface area contributed by atoms with Crippen molar-refractivity contribution in [3.05, 3.63) is 0 Å². The lowest BCUT2D eigenvalue weighted by molar-refractivity contribution is -0.359. The second-order valence-electron chi connectivity index (χ2n) is 19.8. The molecule has 0 saturated carbocycles. The highest BCUT2D eigenvalue weighted by Crippen LogP contribution is 2.35. The van der Waals surface area contributed by atoms with Gasteiger partial charge in [-0.25, -0.2) is 4.18 Å². The van der Waals surface area contributed by atoms with E-state index in [1.807, 2.05) is 0 Å². The second kappa shape index (κ2) is 31.7. The van der Waals surface area contributed by atoms with E-state index in [9.17, 15) is 73.0 Å². The second-order valence-corrected chi connectivity index (χ2v) is 20.9. The Hall–Kier alpha value is -2.85. The maximum absolute atomic E-state index is 13.3. The third-order valence-electron chi connectivity index (χ3n) is 13.8. The minimum absolute atomic E-state index is 0.0499. The van der Waals surface area contributed by atoms with Crippen molar-refractivity contribution in [2.75, 3.05) is 26.4 Å². The van der Waals surface area contributed by atoms with E-state index >= 15 is 0 Å². The minimum Gasteiger partial charge on any atom is -0.394 e. The molecule has 28 heteroatoms. The predicted molar refractivity (Wildman–Crippen MR) is 259 cm³/mol. The van der Waals surface area contributed by atoms with Crippen molar-refractivity contribution >= 4 is 34.0 Å². The fourth-order valence-corrected chi connectivity index (χ4v) is 10.2. The zero-order valence-electron chi connectivity index (χ0n) is 43.4. The van der Waals surface area contributed by atoms with Crippen LogP contribution in [0.1, 0.15) is 125 Å². The van der Waals surface area contributed by atoms with Gasteiger partial charge in [-0.2, -0.15) is 8.42 Å². The van der Waals surface area contributed by atoms with E-state index in [0.29, 0.717) is 6.42 Å². The third kappa shape index (κ3) is 19.5. The summed E-state index contributed by atoms with van der Waals surface area (Å²) in [5.74, 6) is -2.67. The number of amides is 4. The first-order valence-corrected chi connectivity index (χ1v) is 27.5. The fourth-order valence-electron chi connectivity index (χ4n) is 9.89. The zero-order chi connectivity index (χ0) is 55.6. The Kier molecular flexibility index (Phi) is 27.3. The molecule has 436 valence electrons. The van der Waals surface area contributed by atoms with E-state index in [2.05, 4.69) is 32.4 Å². The SMILES string of the molecule is CCCCCCCCCCCCCCCC(=O)N[C@H]1[C@H](O[C@H]2C(O)[C@@H](NC(C)=O)[C@H](O[C@H]3[C@H](O)[C@@H](NC(C)=O)[C@H](O[C@H]4C(O)[C@@H](NC(C)=O)C(C)O[C@@H]4COS(=O)(=O)O)O[C@@H]3CO)O[C@@H]2CO)O[C@H](CO)[C@@H](O)[C@@H]1O. The molecule has 0 radical (unpaired) electrons. The molecule has 0 aromatic rings. The van der Waals surface area contributed by atoms with Gasteiger partial charge in [-0.15, -0.1) is 0 Å². The summed E-state index contributed by atoms with van der Waals surface area (Å²) < 4.78 is 78.9. The average molecular weight is 1110 g/mol. The Morgan fingerprint density at radius 3 is 1.24 bits per heavy atom. The molecule has 4 amide bonds. The number of ether oxygens (including phenoxy) is 7. The van der Waals surface area contributed by atoms with Crippen molar-refractivity contribution in [2.24, 2.45) is 0 Å². The molecule has 4 heterocycles. The number of hydrogen-bond acceptors (Lipinski definition) is 22. The molecule has 13 N–H and O–H groups in total. The standard InChI is InChI=1S/C47H84N4O23S/c1-6-7-8-9-10-11-12-13-14-15-16-17-18-19-32(58)51-34-38(60)37(59)28(20-52)69-45(34)72-42-29(21-53)70-46(35(40(42)62)49-26(4)56)73-43-30(22-54)71-47(36(41(43)63)50-27(5)57)74-44-31(23-67-75(64,65)66)68-24(2)33(39(44)61)48-25(3)55/h24,28-31,33-47,52-54,59-63H,6-23H2,1-5H3,(H,48,55)(H,49,56)(H,50,57)(H,51,58)(H,64,65,66)/t24?,28-,29-,30-,31-,33+,34-,35-,36-,37-,38-,39?,40?,41-,42-,43-,44-,45+,46+,47+/m1/s1. The first-order chi connectivity index (χ1) is 35.5. The Balaban J connectivity index is 1.49. The van der Waals surface area contributed by atoms with Crippen molar-refractivity contribution in [1.82, 2.24) is 21.3 Å². The largest absolute Gasteiger partial charge is 0.397 e. The molecule has 0 spiro atoms. The van der Waals surface area contributed by atoms with E-state index in [4.69, 9.17) is 33.2 Å². The van der Waals surface area contributed by atoms with Gasteiger partial charge < -0.3 is 95.3 Å². The maximum Gasteiger partial charge on any atom is 0.397 e. The summed E-state index contributed by atoms with van der Waals surface area (Å²) >= 11 is 0. The van der Waals surface area contributed by atoms with Gasteiger partial charge >= 0.3 is 10.4 Å². The molecule has 27 nitrogen and oxygen atoms in total. The van der Waals surface area contributed by atoms with Gasteiger partial charge in [0, 0.05) is 27.2 Å². The Morgan fingerprint density at radius 2 is 0.840 bits per heavy atom. The quantitative estimate of drug-likeness (QED) is 0.0255. The fraction of sp³-hybridized carbons (Fsp3) is 0.915. The van der Waals surface area contributed by atoms with E-state index < -0.39 is 183 Å². The summed E-state index contributed by atoms with van der Waals surface area (Å²) in [7, 11) is -5.07. The summed E-state index contributed by atoms with van der Waals surface area (Å²) in [6, 6.07) is -6.02. The number of hydrogen-bond donors (Lipinski definition) is 13. The van der Waals surface area contributed by atoms with Crippen molar-refractivity contribution in [2.45, 2.75) is 247 Å². The van der Waals surface area contributed by atoms with E-state index in [1.54, 1.807) is 0 Å².